The molecule has 1 aromatic carbocycles. The van der Waals surface area contributed by atoms with E-state index in [-0.39, 0.29) is 6.61 Å². The Morgan fingerprint density at radius 3 is 2.61 bits per heavy atom. The Morgan fingerprint density at radius 1 is 1.39 bits per heavy atom. The van der Waals surface area contributed by atoms with E-state index in [1.165, 1.54) is 0 Å². The van der Waals surface area contributed by atoms with Crippen LogP contribution in [0.1, 0.15) is 12.0 Å². The summed E-state index contributed by atoms with van der Waals surface area (Å²) in [5.74, 6) is -1.16. The summed E-state index contributed by atoms with van der Waals surface area (Å²) in [5.41, 5.74) is 0.805. The number of carbonyl (C=O) groups excluding carboxylic acids is 1. The van der Waals surface area contributed by atoms with Gasteiger partial charge in [0.15, 0.2) is 0 Å². The molecule has 0 saturated heterocycles. The number of carboxylic acid groups (broad SMARTS) is 1. The van der Waals surface area contributed by atoms with Gasteiger partial charge in [-0.3, -0.25) is 4.79 Å². The first kappa shape index (κ1) is 13.5. The lowest BCUT2D eigenvalue weighted by molar-refractivity contribution is -0.137. The standard InChI is InChI=1S/C12H12N2O4/c13-7-10(6-11(15)16)14-12(17)18-8-9-4-2-1-3-5-9/h1-5,10H,6,8H2,(H,14,17)(H,15,16). The third kappa shape index (κ3) is 4.99. The van der Waals surface area contributed by atoms with Gasteiger partial charge in [0.2, 0.25) is 0 Å². The van der Waals surface area contributed by atoms with Gasteiger partial charge in [0.1, 0.15) is 12.6 Å². The highest BCUT2D eigenvalue weighted by Crippen LogP contribution is 2.01. The van der Waals surface area contributed by atoms with Gasteiger partial charge in [-0.2, -0.15) is 5.26 Å². The number of carboxylic acids is 1. The maximum absolute atomic E-state index is 11.3. The maximum Gasteiger partial charge on any atom is 0.408 e. The Hall–Kier alpha value is -2.55. The molecule has 0 radical (unpaired) electrons. The molecule has 0 spiro atoms. The molecule has 2 N–H and O–H groups in total. The van der Waals surface area contributed by atoms with Crippen molar-refractivity contribution in [1.82, 2.24) is 5.32 Å². The molecule has 0 aliphatic heterocycles. The number of alkyl carbamates (subject to hydrolysis) is 1. The highest BCUT2D eigenvalue weighted by Gasteiger charge is 2.15. The summed E-state index contributed by atoms with van der Waals surface area (Å²) in [5, 5.41) is 19.3. The number of carbonyl (C=O) groups is 2. The number of rotatable bonds is 5. The summed E-state index contributed by atoms with van der Waals surface area (Å²) in [6, 6.07) is 9.59. The van der Waals surface area contributed by atoms with Crippen LogP contribution in [0.5, 0.6) is 0 Å². The van der Waals surface area contributed by atoms with Gasteiger partial charge < -0.3 is 15.2 Å². The first-order chi connectivity index (χ1) is 8.61. The van der Waals surface area contributed by atoms with Crippen LogP contribution in [0, 0.1) is 11.3 Å². The van der Waals surface area contributed by atoms with Crippen molar-refractivity contribution in [3.63, 3.8) is 0 Å². The summed E-state index contributed by atoms with van der Waals surface area (Å²) in [7, 11) is 0. The van der Waals surface area contributed by atoms with Crippen LogP contribution in [0.25, 0.3) is 0 Å². The third-order valence-corrected chi connectivity index (χ3v) is 2.04. The molecule has 0 saturated carbocycles. The lowest BCUT2D eigenvalue weighted by Gasteiger charge is -2.09. The van der Waals surface area contributed by atoms with E-state index in [4.69, 9.17) is 15.1 Å². The van der Waals surface area contributed by atoms with E-state index in [0.717, 1.165) is 5.56 Å². The van der Waals surface area contributed by atoms with Crippen LogP contribution in [0.2, 0.25) is 0 Å². The van der Waals surface area contributed by atoms with E-state index in [2.05, 4.69) is 5.32 Å². The molecule has 0 aliphatic rings. The fraction of sp³-hybridized carbons (Fsp3) is 0.250. The quantitative estimate of drug-likeness (QED) is 0.817. The second-order valence-electron chi connectivity index (χ2n) is 3.49. The predicted molar refractivity (Wildman–Crippen MR) is 61.4 cm³/mol. The van der Waals surface area contributed by atoms with Gasteiger partial charge in [-0.15, -0.1) is 0 Å². The number of hydrogen-bond donors (Lipinski definition) is 2. The summed E-state index contributed by atoms with van der Waals surface area (Å²) in [6.45, 7) is 0.0674. The van der Waals surface area contributed by atoms with E-state index < -0.39 is 24.5 Å². The zero-order chi connectivity index (χ0) is 13.4. The Balaban J connectivity index is 2.37. The van der Waals surface area contributed by atoms with Crippen molar-refractivity contribution >= 4 is 12.1 Å². The molecular formula is C12H12N2O4. The van der Waals surface area contributed by atoms with Crippen molar-refractivity contribution in [1.29, 1.82) is 5.26 Å². The molecule has 18 heavy (non-hydrogen) atoms. The van der Waals surface area contributed by atoms with Gasteiger partial charge in [-0.1, -0.05) is 30.3 Å². The minimum Gasteiger partial charge on any atom is -0.481 e. The molecule has 6 heteroatoms. The van der Waals surface area contributed by atoms with E-state index in [1.807, 2.05) is 6.07 Å². The molecule has 1 atom stereocenters. The van der Waals surface area contributed by atoms with Crippen LogP contribution in [-0.2, 0) is 16.1 Å². The van der Waals surface area contributed by atoms with E-state index in [1.54, 1.807) is 30.3 Å². The second-order valence-corrected chi connectivity index (χ2v) is 3.49. The topological polar surface area (TPSA) is 99.4 Å². The summed E-state index contributed by atoms with van der Waals surface area (Å²) in [4.78, 5) is 21.7. The Kier molecular flexibility index (Phi) is 5.19. The van der Waals surface area contributed by atoms with Gasteiger partial charge >= 0.3 is 12.1 Å². The van der Waals surface area contributed by atoms with Gasteiger partial charge in [0, 0.05) is 0 Å². The van der Waals surface area contributed by atoms with Crippen LogP contribution in [0.4, 0.5) is 4.79 Å². The SMILES string of the molecule is N#CC(CC(=O)O)NC(=O)OCc1ccccc1. The third-order valence-electron chi connectivity index (χ3n) is 2.04. The molecule has 1 unspecified atom stereocenters. The number of nitrogens with one attached hydrogen (secondary N) is 1. The normalized spacial score (nSPS) is 11.1. The number of ether oxygens (including phenoxy) is 1. The van der Waals surface area contributed by atoms with Crippen molar-refractivity contribution in [2.75, 3.05) is 0 Å². The van der Waals surface area contributed by atoms with Gasteiger partial charge in [0.25, 0.3) is 0 Å². The molecule has 94 valence electrons. The van der Waals surface area contributed by atoms with Crippen molar-refractivity contribution < 1.29 is 19.4 Å². The first-order valence-electron chi connectivity index (χ1n) is 5.20. The van der Waals surface area contributed by atoms with Crippen molar-refractivity contribution in [2.24, 2.45) is 0 Å². The molecule has 0 aromatic heterocycles. The molecule has 1 aromatic rings. The Bertz CT molecular complexity index is 453. The van der Waals surface area contributed by atoms with Crippen molar-refractivity contribution in [3.05, 3.63) is 35.9 Å². The fourth-order valence-corrected chi connectivity index (χ4v) is 1.21. The van der Waals surface area contributed by atoms with Crippen LogP contribution in [-0.4, -0.2) is 23.2 Å². The summed E-state index contributed by atoms with van der Waals surface area (Å²) >= 11 is 0. The first-order valence-corrected chi connectivity index (χ1v) is 5.20. The average molecular weight is 248 g/mol. The zero-order valence-electron chi connectivity index (χ0n) is 9.50. The smallest absolute Gasteiger partial charge is 0.408 e. The molecular weight excluding hydrogens is 236 g/mol. The number of aliphatic carboxylic acids is 1. The minimum absolute atomic E-state index is 0.0674. The highest BCUT2D eigenvalue weighted by molar-refractivity contribution is 5.72. The van der Waals surface area contributed by atoms with E-state index >= 15 is 0 Å². The number of nitriles is 1. The Labute approximate surface area is 104 Å². The molecule has 0 bridgehead atoms. The number of benzene rings is 1. The number of nitrogens with zero attached hydrogens (tertiary/aromatic N) is 1. The molecule has 1 rings (SSSR count). The van der Waals surface area contributed by atoms with Crippen molar-refractivity contribution in [2.45, 2.75) is 19.1 Å². The van der Waals surface area contributed by atoms with Crippen molar-refractivity contribution in [3.8, 4) is 6.07 Å². The monoisotopic (exact) mass is 248 g/mol. The maximum atomic E-state index is 11.3. The van der Waals surface area contributed by atoms with Crippen LogP contribution < -0.4 is 5.32 Å². The van der Waals surface area contributed by atoms with Crippen LogP contribution >= 0.6 is 0 Å². The lowest BCUT2D eigenvalue weighted by atomic mass is 10.2. The molecule has 0 heterocycles. The van der Waals surface area contributed by atoms with Gasteiger partial charge in [0.05, 0.1) is 12.5 Å². The van der Waals surface area contributed by atoms with E-state index in [0.29, 0.717) is 0 Å². The molecule has 0 fully saturated rings. The number of hydrogen-bond acceptors (Lipinski definition) is 4. The molecule has 1 amide bonds. The second kappa shape index (κ2) is 6.91. The Morgan fingerprint density at radius 2 is 2.06 bits per heavy atom. The minimum atomic E-state index is -1.16. The van der Waals surface area contributed by atoms with Gasteiger partial charge in [-0.05, 0) is 5.56 Å². The largest absolute Gasteiger partial charge is 0.481 e. The predicted octanol–water partition coefficient (Wildman–Crippen LogP) is 1.28. The molecule has 6 nitrogen and oxygen atoms in total. The average Bonchev–Trinajstić information content (AvgIpc) is 2.36. The highest BCUT2D eigenvalue weighted by atomic mass is 16.5. The number of amides is 1. The van der Waals surface area contributed by atoms with Crippen LogP contribution in [0.3, 0.4) is 0 Å². The van der Waals surface area contributed by atoms with Gasteiger partial charge in [-0.25, -0.2) is 4.79 Å². The van der Waals surface area contributed by atoms with Crippen LogP contribution in [0.15, 0.2) is 30.3 Å². The summed E-state index contributed by atoms with van der Waals surface area (Å²) in [6.07, 6.45) is -1.27. The zero-order valence-corrected chi connectivity index (χ0v) is 9.50. The molecule has 0 aliphatic carbocycles. The fourth-order valence-electron chi connectivity index (χ4n) is 1.21. The van der Waals surface area contributed by atoms with E-state index in [9.17, 15) is 9.59 Å². The summed E-state index contributed by atoms with van der Waals surface area (Å²) < 4.78 is 4.85. The lowest BCUT2D eigenvalue weighted by Crippen LogP contribution is -2.35.